The number of anilines is 2. The molecule has 2 aromatic carbocycles. The molecule has 2 aromatic rings. The molecule has 7 heteroatoms. The maximum Gasteiger partial charge on any atom is 0.324 e. The van der Waals surface area contributed by atoms with Crippen LogP contribution >= 0.6 is 0 Å². The monoisotopic (exact) mass is 366 g/mol. The van der Waals surface area contributed by atoms with E-state index in [1.807, 2.05) is 6.07 Å². The molecule has 0 aliphatic carbocycles. The van der Waals surface area contributed by atoms with Gasteiger partial charge in [0.2, 0.25) is 5.91 Å². The zero-order chi connectivity index (χ0) is 19.2. The van der Waals surface area contributed by atoms with Crippen LogP contribution < -0.4 is 15.5 Å². The van der Waals surface area contributed by atoms with E-state index in [-0.39, 0.29) is 24.4 Å². The van der Waals surface area contributed by atoms with Crippen molar-refractivity contribution < 1.29 is 14.4 Å². The maximum absolute atomic E-state index is 12.2. The average molecular weight is 366 g/mol. The van der Waals surface area contributed by atoms with Crippen molar-refractivity contribution in [2.45, 2.75) is 6.42 Å². The fraction of sp³-hybridized carbons (Fsp3) is 0.250. The second kappa shape index (κ2) is 8.35. The summed E-state index contributed by atoms with van der Waals surface area (Å²) in [4.78, 5) is 39.6. The summed E-state index contributed by atoms with van der Waals surface area (Å²) in [5, 5.41) is 5.31. The van der Waals surface area contributed by atoms with Gasteiger partial charge in [0.05, 0.1) is 6.54 Å². The highest BCUT2D eigenvalue weighted by Crippen LogP contribution is 2.21. The van der Waals surface area contributed by atoms with Gasteiger partial charge in [-0.15, -0.1) is 0 Å². The molecule has 0 aromatic heterocycles. The van der Waals surface area contributed by atoms with E-state index in [1.165, 1.54) is 0 Å². The smallest absolute Gasteiger partial charge is 0.324 e. The summed E-state index contributed by atoms with van der Waals surface area (Å²) in [5.41, 5.74) is 1.91. The van der Waals surface area contributed by atoms with Crippen LogP contribution in [0.4, 0.5) is 16.2 Å². The number of amides is 4. The maximum atomic E-state index is 12.2. The van der Waals surface area contributed by atoms with Gasteiger partial charge in [0, 0.05) is 37.1 Å². The largest absolute Gasteiger partial charge is 0.343 e. The molecule has 2 N–H and O–H groups in total. The van der Waals surface area contributed by atoms with Crippen molar-refractivity contribution in [3.63, 3.8) is 0 Å². The van der Waals surface area contributed by atoms with Gasteiger partial charge >= 0.3 is 6.03 Å². The average Bonchev–Trinajstić information content (AvgIpc) is 2.70. The summed E-state index contributed by atoms with van der Waals surface area (Å²) in [6.45, 7) is 1.32. The molecule has 0 spiro atoms. The molecule has 0 radical (unpaired) electrons. The van der Waals surface area contributed by atoms with E-state index in [9.17, 15) is 14.4 Å². The molecule has 0 atom stereocenters. The summed E-state index contributed by atoms with van der Waals surface area (Å²) in [7, 11) is 1.78. The lowest BCUT2D eigenvalue weighted by atomic mass is 10.2. The fourth-order valence-electron chi connectivity index (χ4n) is 2.88. The van der Waals surface area contributed by atoms with Gasteiger partial charge in [0.1, 0.15) is 0 Å². The van der Waals surface area contributed by atoms with E-state index in [2.05, 4.69) is 10.6 Å². The van der Waals surface area contributed by atoms with E-state index in [4.69, 9.17) is 0 Å². The van der Waals surface area contributed by atoms with Gasteiger partial charge in [-0.1, -0.05) is 18.2 Å². The van der Waals surface area contributed by atoms with Crippen LogP contribution in [0.3, 0.4) is 0 Å². The Labute approximate surface area is 158 Å². The second-order valence-corrected chi connectivity index (χ2v) is 6.35. The van der Waals surface area contributed by atoms with Gasteiger partial charge in [0.15, 0.2) is 0 Å². The third kappa shape index (κ3) is 4.63. The molecule has 0 saturated carbocycles. The molecule has 1 heterocycles. The summed E-state index contributed by atoms with van der Waals surface area (Å²) in [5.74, 6) is -0.616. The van der Waals surface area contributed by atoms with E-state index >= 15 is 0 Å². The second-order valence-electron chi connectivity index (χ2n) is 6.35. The van der Waals surface area contributed by atoms with Crippen molar-refractivity contribution in [3.8, 4) is 0 Å². The van der Waals surface area contributed by atoms with Gasteiger partial charge in [-0.05, 0) is 42.8 Å². The van der Waals surface area contributed by atoms with Crippen molar-refractivity contribution in [1.29, 1.82) is 0 Å². The quantitative estimate of drug-likeness (QED) is 0.852. The van der Waals surface area contributed by atoms with Crippen LogP contribution in [0.25, 0.3) is 0 Å². The highest BCUT2D eigenvalue weighted by Gasteiger charge is 2.23. The first kappa shape index (κ1) is 18.4. The Morgan fingerprint density at radius 2 is 1.70 bits per heavy atom. The Bertz CT molecular complexity index is 821. The van der Waals surface area contributed by atoms with E-state index in [1.54, 1.807) is 65.4 Å². The SMILES string of the molecule is CN1CCCN(c2ccc(NC(=O)CNC(=O)c3ccccc3)cc2)C1=O. The predicted octanol–water partition coefficient (Wildman–Crippen LogP) is 2.32. The normalized spacial score (nSPS) is 14.0. The van der Waals surface area contributed by atoms with Crippen molar-refractivity contribution in [3.05, 3.63) is 60.2 Å². The summed E-state index contributed by atoms with van der Waals surface area (Å²) in [6, 6.07) is 15.8. The first-order valence-corrected chi connectivity index (χ1v) is 8.80. The Morgan fingerprint density at radius 3 is 2.41 bits per heavy atom. The molecule has 3 rings (SSSR count). The van der Waals surface area contributed by atoms with E-state index in [0.717, 1.165) is 18.7 Å². The number of hydrogen-bond donors (Lipinski definition) is 2. The van der Waals surface area contributed by atoms with Crippen LogP contribution in [0.1, 0.15) is 16.8 Å². The van der Waals surface area contributed by atoms with Gasteiger partial charge in [-0.2, -0.15) is 0 Å². The Morgan fingerprint density at radius 1 is 1.00 bits per heavy atom. The van der Waals surface area contributed by atoms with Gasteiger partial charge in [-0.3, -0.25) is 14.5 Å². The number of carbonyl (C=O) groups excluding carboxylic acids is 3. The topological polar surface area (TPSA) is 81.8 Å². The van der Waals surface area contributed by atoms with Crippen molar-refractivity contribution in [2.24, 2.45) is 0 Å². The van der Waals surface area contributed by atoms with Crippen LogP contribution in [0.2, 0.25) is 0 Å². The molecule has 1 aliphatic heterocycles. The van der Waals surface area contributed by atoms with Crippen LogP contribution in [0.5, 0.6) is 0 Å². The summed E-state index contributed by atoms with van der Waals surface area (Å²) < 4.78 is 0. The number of nitrogens with one attached hydrogen (secondary N) is 2. The number of benzene rings is 2. The minimum atomic E-state index is -0.319. The molecule has 1 saturated heterocycles. The number of hydrogen-bond acceptors (Lipinski definition) is 3. The first-order chi connectivity index (χ1) is 13.0. The molecule has 0 unspecified atom stereocenters. The minimum Gasteiger partial charge on any atom is -0.343 e. The highest BCUT2D eigenvalue weighted by atomic mass is 16.2. The van der Waals surface area contributed by atoms with Crippen molar-refractivity contribution in [1.82, 2.24) is 10.2 Å². The Balaban J connectivity index is 1.53. The number of nitrogens with zero attached hydrogens (tertiary/aromatic N) is 2. The van der Waals surface area contributed by atoms with Crippen LogP contribution in [0.15, 0.2) is 54.6 Å². The van der Waals surface area contributed by atoms with Crippen molar-refractivity contribution in [2.75, 3.05) is 36.9 Å². The molecule has 7 nitrogen and oxygen atoms in total. The molecule has 27 heavy (non-hydrogen) atoms. The van der Waals surface area contributed by atoms with E-state index in [0.29, 0.717) is 17.8 Å². The Kier molecular flexibility index (Phi) is 5.71. The highest BCUT2D eigenvalue weighted by molar-refractivity contribution is 5.99. The fourth-order valence-corrected chi connectivity index (χ4v) is 2.88. The first-order valence-electron chi connectivity index (χ1n) is 8.80. The molecule has 0 bridgehead atoms. The predicted molar refractivity (Wildman–Crippen MR) is 104 cm³/mol. The lowest BCUT2D eigenvalue weighted by Gasteiger charge is -2.33. The molecular formula is C20H22N4O3. The molecule has 1 fully saturated rings. The van der Waals surface area contributed by atoms with Crippen molar-refractivity contribution >= 4 is 29.2 Å². The Hall–Kier alpha value is -3.35. The summed E-state index contributed by atoms with van der Waals surface area (Å²) in [6.07, 6.45) is 0.918. The standard InChI is InChI=1S/C20H22N4O3/c1-23-12-5-13-24(20(23)27)17-10-8-16(9-11-17)22-18(25)14-21-19(26)15-6-3-2-4-7-15/h2-4,6-11H,5,12-14H2,1H3,(H,21,26)(H,22,25). The van der Waals surface area contributed by atoms with E-state index < -0.39 is 0 Å². The van der Waals surface area contributed by atoms with Crippen LogP contribution in [0, 0.1) is 0 Å². The molecule has 140 valence electrons. The third-order valence-corrected chi connectivity index (χ3v) is 4.34. The van der Waals surface area contributed by atoms with Gasteiger partial charge in [0.25, 0.3) is 5.91 Å². The molecule has 4 amide bonds. The van der Waals surface area contributed by atoms with Crippen LogP contribution in [-0.4, -0.2) is 49.4 Å². The van der Waals surface area contributed by atoms with Crippen LogP contribution in [-0.2, 0) is 4.79 Å². The molecule has 1 aliphatic rings. The molecular weight excluding hydrogens is 344 g/mol. The van der Waals surface area contributed by atoms with Gasteiger partial charge in [-0.25, -0.2) is 4.79 Å². The number of rotatable bonds is 5. The lowest BCUT2D eigenvalue weighted by Crippen LogP contribution is -2.47. The third-order valence-electron chi connectivity index (χ3n) is 4.34. The number of carbonyl (C=O) groups is 3. The summed E-state index contributed by atoms with van der Waals surface area (Å²) >= 11 is 0. The van der Waals surface area contributed by atoms with Gasteiger partial charge < -0.3 is 15.5 Å². The zero-order valence-corrected chi connectivity index (χ0v) is 15.1. The lowest BCUT2D eigenvalue weighted by molar-refractivity contribution is -0.115. The minimum absolute atomic E-state index is 0.0262. The zero-order valence-electron chi connectivity index (χ0n) is 15.1. The number of urea groups is 1.